The molecule has 1 aromatic heterocycles. The van der Waals surface area contributed by atoms with Crippen LogP contribution in [0, 0.1) is 6.92 Å². The zero-order chi connectivity index (χ0) is 16.0. The summed E-state index contributed by atoms with van der Waals surface area (Å²) in [6.07, 6.45) is 5.94. The third-order valence-corrected chi connectivity index (χ3v) is 5.14. The highest BCUT2D eigenvalue weighted by atomic mass is 32.1. The highest BCUT2D eigenvalue weighted by Gasteiger charge is 2.27. The van der Waals surface area contributed by atoms with E-state index in [1.165, 1.54) is 37.2 Å². The molecule has 0 spiro atoms. The van der Waals surface area contributed by atoms with E-state index in [2.05, 4.69) is 39.4 Å². The first-order valence-electron chi connectivity index (χ1n) is 8.12. The second kappa shape index (κ2) is 7.92. The van der Waals surface area contributed by atoms with Crippen LogP contribution < -0.4 is 10.6 Å². The Morgan fingerprint density at radius 2 is 2.05 bits per heavy atom. The number of hydrogen-bond donors (Lipinski definition) is 2. The quantitative estimate of drug-likeness (QED) is 0.645. The minimum absolute atomic E-state index is 0.152. The molecule has 6 heteroatoms. The van der Waals surface area contributed by atoms with Gasteiger partial charge in [-0.05, 0) is 46.7 Å². The molecule has 1 aliphatic heterocycles. The van der Waals surface area contributed by atoms with Crippen LogP contribution in [0.25, 0.3) is 0 Å². The minimum atomic E-state index is 0.152. The van der Waals surface area contributed by atoms with Crippen LogP contribution in [-0.2, 0) is 6.54 Å². The van der Waals surface area contributed by atoms with Gasteiger partial charge in [-0.1, -0.05) is 6.42 Å². The predicted molar refractivity (Wildman–Crippen MR) is 94.6 cm³/mol. The van der Waals surface area contributed by atoms with Gasteiger partial charge < -0.3 is 10.6 Å². The summed E-state index contributed by atoms with van der Waals surface area (Å²) in [6, 6.07) is 0. The largest absolute Gasteiger partial charge is 0.355 e. The summed E-state index contributed by atoms with van der Waals surface area (Å²) in [5.41, 5.74) is 0.152. The van der Waals surface area contributed by atoms with Crippen molar-refractivity contribution in [1.82, 2.24) is 20.5 Å². The average Bonchev–Trinajstić information content (AvgIpc) is 2.94. The van der Waals surface area contributed by atoms with Gasteiger partial charge in [0.25, 0.3) is 0 Å². The van der Waals surface area contributed by atoms with E-state index >= 15 is 0 Å². The van der Waals surface area contributed by atoms with E-state index in [-0.39, 0.29) is 5.54 Å². The van der Waals surface area contributed by atoms with Crippen molar-refractivity contribution in [3.8, 4) is 0 Å². The van der Waals surface area contributed by atoms with Gasteiger partial charge in [0.2, 0.25) is 0 Å². The van der Waals surface area contributed by atoms with Crippen molar-refractivity contribution in [1.29, 1.82) is 0 Å². The minimum Gasteiger partial charge on any atom is -0.355 e. The van der Waals surface area contributed by atoms with Crippen molar-refractivity contribution in [3.63, 3.8) is 0 Å². The van der Waals surface area contributed by atoms with Gasteiger partial charge in [0.1, 0.15) is 0 Å². The molecule has 0 radical (unpaired) electrons. The van der Waals surface area contributed by atoms with Crippen molar-refractivity contribution >= 4 is 17.3 Å². The molecule has 0 amide bonds. The molecule has 0 unspecified atom stereocenters. The number of aromatic nitrogens is 1. The molecule has 22 heavy (non-hydrogen) atoms. The molecular formula is C16H29N5S. The highest BCUT2D eigenvalue weighted by Crippen LogP contribution is 2.19. The molecular weight excluding hydrogens is 294 g/mol. The zero-order valence-electron chi connectivity index (χ0n) is 14.3. The standard InChI is InChI=1S/C16H29N5S/c1-13-18-10-14(22-13)11-19-15(17-4)20-12-16(2,3)21-8-6-5-7-9-21/h10H,5-9,11-12H2,1-4H3,(H2,17,19,20). The molecule has 0 bridgehead atoms. The third-order valence-electron chi connectivity index (χ3n) is 4.22. The molecule has 0 atom stereocenters. The van der Waals surface area contributed by atoms with Crippen LogP contribution in [0.4, 0.5) is 0 Å². The lowest BCUT2D eigenvalue weighted by Crippen LogP contribution is -2.54. The Kier molecular flexibility index (Phi) is 6.20. The van der Waals surface area contributed by atoms with E-state index < -0.39 is 0 Å². The number of aliphatic imine (C=N–C) groups is 1. The van der Waals surface area contributed by atoms with Gasteiger partial charge in [-0.3, -0.25) is 9.89 Å². The van der Waals surface area contributed by atoms with Gasteiger partial charge in [-0.25, -0.2) is 4.98 Å². The lowest BCUT2D eigenvalue weighted by molar-refractivity contribution is 0.0982. The van der Waals surface area contributed by atoms with Gasteiger partial charge >= 0.3 is 0 Å². The molecule has 2 rings (SSSR count). The first-order valence-corrected chi connectivity index (χ1v) is 8.94. The number of thiazole rings is 1. The lowest BCUT2D eigenvalue weighted by Gasteiger charge is -2.41. The number of likely N-dealkylation sites (tertiary alicyclic amines) is 1. The second-order valence-corrected chi connectivity index (χ2v) is 7.80. The Morgan fingerprint density at radius 3 is 2.64 bits per heavy atom. The Morgan fingerprint density at radius 1 is 1.32 bits per heavy atom. The van der Waals surface area contributed by atoms with Crippen LogP contribution in [0.3, 0.4) is 0 Å². The Labute approximate surface area is 138 Å². The SMILES string of the molecule is CN=C(NCc1cnc(C)s1)NCC(C)(C)N1CCCCC1. The van der Waals surface area contributed by atoms with Gasteiger partial charge in [0.05, 0.1) is 11.6 Å². The smallest absolute Gasteiger partial charge is 0.191 e. The van der Waals surface area contributed by atoms with Crippen molar-refractivity contribution in [2.24, 2.45) is 4.99 Å². The normalized spacial score (nSPS) is 17.5. The Hall–Kier alpha value is -1.14. The van der Waals surface area contributed by atoms with Crippen molar-refractivity contribution in [2.45, 2.75) is 52.1 Å². The molecule has 1 fully saturated rings. The molecule has 2 heterocycles. The van der Waals surface area contributed by atoms with Crippen LogP contribution in [0.15, 0.2) is 11.2 Å². The van der Waals surface area contributed by atoms with E-state index in [1.807, 2.05) is 20.2 Å². The van der Waals surface area contributed by atoms with Crippen molar-refractivity contribution in [3.05, 3.63) is 16.1 Å². The molecule has 0 saturated carbocycles. The predicted octanol–water partition coefficient (Wildman–Crippen LogP) is 2.38. The molecule has 1 aromatic rings. The number of aryl methyl sites for hydroxylation is 1. The molecule has 0 aliphatic carbocycles. The molecule has 0 aromatic carbocycles. The fourth-order valence-electron chi connectivity index (χ4n) is 2.79. The monoisotopic (exact) mass is 323 g/mol. The Bertz CT molecular complexity index is 488. The van der Waals surface area contributed by atoms with Gasteiger partial charge in [0, 0.05) is 30.2 Å². The number of nitrogens with one attached hydrogen (secondary N) is 2. The summed E-state index contributed by atoms with van der Waals surface area (Å²) in [6.45, 7) is 10.7. The van der Waals surface area contributed by atoms with Crippen LogP contribution >= 0.6 is 11.3 Å². The summed E-state index contributed by atoms with van der Waals surface area (Å²) in [4.78, 5) is 12.4. The van der Waals surface area contributed by atoms with E-state index in [1.54, 1.807) is 11.3 Å². The molecule has 1 aliphatic rings. The first kappa shape index (κ1) is 17.2. The third kappa shape index (κ3) is 4.95. The van der Waals surface area contributed by atoms with Crippen molar-refractivity contribution < 1.29 is 0 Å². The molecule has 1 saturated heterocycles. The number of guanidine groups is 1. The number of hydrogen-bond acceptors (Lipinski definition) is 4. The van der Waals surface area contributed by atoms with Crippen LogP contribution in [0.2, 0.25) is 0 Å². The number of nitrogens with zero attached hydrogens (tertiary/aromatic N) is 3. The van der Waals surface area contributed by atoms with E-state index in [4.69, 9.17) is 0 Å². The fraction of sp³-hybridized carbons (Fsp3) is 0.750. The maximum atomic E-state index is 4.32. The summed E-state index contributed by atoms with van der Waals surface area (Å²) < 4.78 is 0. The van der Waals surface area contributed by atoms with Crippen LogP contribution in [0.5, 0.6) is 0 Å². The van der Waals surface area contributed by atoms with E-state index in [0.717, 1.165) is 24.1 Å². The summed E-state index contributed by atoms with van der Waals surface area (Å²) in [7, 11) is 1.82. The fourth-order valence-corrected chi connectivity index (χ4v) is 3.52. The maximum absolute atomic E-state index is 4.32. The highest BCUT2D eigenvalue weighted by molar-refractivity contribution is 7.11. The van der Waals surface area contributed by atoms with E-state index in [0.29, 0.717) is 0 Å². The number of rotatable bonds is 5. The average molecular weight is 324 g/mol. The molecule has 5 nitrogen and oxygen atoms in total. The van der Waals surface area contributed by atoms with Gasteiger partial charge in [-0.15, -0.1) is 11.3 Å². The summed E-state index contributed by atoms with van der Waals surface area (Å²) in [5, 5.41) is 7.93. The molecule has 124 valence electrons. The summed E-state index contributed by atoms with van der Waals surface area (Å²) in [5.74, 6) is 0.858. The second-order valence-electron chi connectivity index (χ2n) is 6.49. The van der Waals surface area contributed by atoms with Gasteiger partial charge in [0.15, 0.2) is 5.96 Å². The molecule has 2 N–H and O–H groups in total. The lowest BCUT2D eigenvalue weighted by atomic mass is 9.98. The van der Waals surface area contributed by atoms with Gasteiger partial charge in [-0.2, -0.15) is 0 Å². The van der Waals surface area contributed by atoms with Crippen molar-refractivity contribution in [2.75, 3.05) is 26.7 Å². The summed E-state index contributed by atoms with van der Waals surface area (Å²) >= 11 is 1.72. The van der Waals surface area contributed by atoms with Crippen LogP contribution in [-0.4, -0.2) is 48.1 Å². The topological polar surface area (TPSA) is 52.6 Å². The zero-order valence-corrected chi connectivity index (χ0v) is 15.1. The van der Waals surface area contributed by atoms with Crippen LogP contribution in [0.1, 0.15) is 43.0 Å². The maximum Gasteiger partial charge on any atom is 0.191 e. The van der Waals surface area contributed by atoms with E-state index in [9.17, 15) is 0 Å². The Balaban J connectivity index is 1.79. The first-order chi connectivity index (χ1) is 10.5. The number of piperidine rings is 1.